The molecule has 0 aromatic carbocycles. The topological polar surface area (TPSA) is 25.8 Å². The molecule has 2 aromatic heterocycles. The number of aryl methyl sites for hydroxylation is 2. The average molecular weight is 253 g/mol. The number of aromatic nitrogens is 2. The lowest BCUT2D eigenvalue weighted by Crippen LogP contribution is -1.91. The Kier molecular flexibility index (Phi) is 3.13. The van der Waals surface area contributed by atoms with Gasteiger partial charge in [-0.1, -0.05) is 23.2 Å². The van der Waals surface area contributed by atoms with Crippen LogP contribution in [0.25, 0.3) is 11.4 Å². The molecule has 2 nitrogen and oxygen atoms in total. The van der Waals surface area contributed by atoms with Crippen LogP contribution >= 0.6 is 23.2 Å². The molecule has 0 saturated carbocycles. The van der Waals surface area contributed by atoms with Gasteiger partial charge in [0, 0.05) is 0 Å². The van der Waals surface area contributed by atoms with Crippen molar-refractivity contribution in [2.24, 2.45) is 0 Å². The maximum atomic E-state index is 5.91. The number of hydrogen-bond acceptors (Lipinski definition) is 2. The second-order valence-corrected chi connectivity index (χ2v) is 4.48. The van der Waals surface area contributed by atoms with Crippen molar-refractivity contribution in [3.05, 3.63) is 45.7 Å². The van der Waals surface area contributed by atoms with Crippen LogP contribution in [0.5, 0.6) is 0 Å². The highest BCUT2D eigenvalue weighted by atomic mass is 35.5. The highest BCUT2D eigenvalue weighted by Gasteiger charge is 2.05. The zero-order valence-electron chi connectivity index (χ0n) is 8.96. The van der Waals surface area contributed by atoms with Gasteiger partial charge in [0.25, 0.3) is 0 Å². The Bertz CT molecular complexity index is 449. The van der Waals surface area contributed by atoms with Gasteiger partial charge in [0.1, 0.15) is 10.3 Å². The van der Waals surface area contributed by atoms with E-state index in [1.54, 1.807) is 0 Å². The van der Waals surface area contributed by atoms with Gasteiger partial charge >= 0.3 is 0 Å². The Balaban J connectivity index is 2.57. The minimum atomic E-state index is 0.467. The predicted molar refractivity (Wildman–Crippen MR) is 67.0 cm³/mol. The Morgan fingerprint density at radius 3 is 1.44 bits per heavy atom. The fourth-order valence-corrected chi connectivity index (χ4v) is 2.04. The van der Waals surface area contributed by atoms with E-state index in [4.69, 9.17) is 23.2 Å². The van der Waals surface area contributed by atoms with Crippen LogP contribution in [0, 0.1) is 13.8 Å². The van der Waals surface area contributed by atoms with Crippen LogP contribution in [-0.4, -0.2) is 9.97 Å². The maximum absolute atomic E-state index is 5.91. The summed E-state index contributed by atoms with van der Waals surface area (Å²) in [5.41, 5.74) is 3.59. The van der Waals surface area contributed by atoms with Gasteiger partial charge in [-0.05, 0) is 49.2 Å². The predicted octanol–water partition coefficient (Wildman–Crippen LogP) is 4.07. The number of nitrogens with zero attached hydrogens (tertiary/aromatic N) is 2. The molecule has 2 heterocycles. The van der Waals surface area contributed by atoms with Crippen LogP contribution in [-0.2, 0) is 0 Å². The zero-order valence-corrected chi connectivity index (χ0v) is 10.5. The molecule has 0 aliphatic carbocycles. The first-order valence-electron chi connectivity index (χ1n) is 4.83. The van der Waals surface area contributed by atoms with Crippen molar-refractivity contribution >= 4 is 23.2 Å². The Morgan fingerprint density at radius 2 is 1.12 bits per heavy atom. The number of hydrogen-bond donors (Lipinski definition) is 0. The normalized spacial score (nSPS) is 10.5. The van der Waals surface area contributed by atoms with Gasteiger partial charge in [0.05, 0.1) is 11.4 Å². The van der Waals surface area contributed by atoms with E-state index >= 15 is 0 Å². The molecular weight excluding hydrogens is 243 g/mol. The minimum absolute atomic E-state index is 0.467. The molecule has 0 saturated heterocycles. The number of halogens is 2. The summed E-state index contributed by atoms with van der Waals surface area (Å²) in [6.07, 6.45) is 0. The van der Waals surface area contributed by atoms with Crippen molar-refractivity contribution in [3.8, 4) is 11.4 Å². The lowest BCUT2D eigenvalue weighted by atomic mass is 10.1. The molecule has 0 bridgehead atoms. The average Bonchev–Trinajstić information content (AvgIpc) is 2.14. The Hall–Kier alpha value is -1.12. The smallest absolute Gasteiger partial charge is 0.130 e. The maximum Gasteiger partial charge on any atom is 0.130 e. The quantitative estimate of drug-likeness (QED) is 0.716. The Labute approximate surface area is 104 Å². The van der Waals surface area contributed by atoms with Crippen LogP contribution in [0.4, 0.5) is 0 Å². The third-order valence-corrected chi connectivity index (χ3v) is 2.53. The van der Waals surface area contributed by atoms with E-state index < -0.39 is 0 Å². The van der Waals surface area contributed by atoms with Crippen molar-refractivity contribution in [2.75, 3.05) is 0 Å². The fraction of sp³-hybridized carbons (Fsp3) is 0.167. The van der Waals surface area contributed by atoms with E-state index in [1.807, 2.05) is 38.1 Å². The first-order valence-corrected chi connectivity index (χ1v) is 5.59. The van der Waals surface area contributed by atoms with Gasteiger partial charge in [-0.25, -0.2) is 9.97 Å². The molecule has 0 fully saturated rings. The molecule has 0 amide bonds. The van der Waals surface area contributed by atoms with Crippen molar-refractivity contribution in [2.45, 2.75) is 13.8 Å². The van der Waals surface area contributed by atoms with Gasteiger partial charge in [-0.15, -0.1) is 0 Å². The number of pyridine rings is 2. The molecule has 82 valence electrons. The summed E-state index contributed by atoms with van der Waals surface area (Å²) in [6, 6.07) is 7.49. The summed E-state index contributed by atoms with van der Waals surface area (Å²) >= 11 is 11.8. The monoisotopic (exact) mass is 252 g/mol. The van der Waals surface area contributed by atoms with Crippen molar-refractivity contribution < 1.29 is 0 Å². The molecule has 16 heavy (non-hydrogen) atoms. The lowest BCUT2D eigenvalue weighted by molar-refractivity contribution is 1.21. The number of rotatable bonds is 1. The third-order valence-electron chi connectivity index (χ3n) is 2.14. The van der Waals surface area contributed by atoms with Gasteiger partial charge in [-0.3, -0.25) is 0 Å². The van der Waals surface area contributed by atoms with Gasteiger partial charge < -0.3 is 0 Å². The summed E-state index contributed by atoms with van der Waals surface area (Å²) in [5, 5.41) is 0.934. The van der Waals surface area contributed by atoms with Crippen LogP contribution < -0.4 is 0 Å². The standard InChI is InChI=1S/C12H10Cl2N2/c1-7-3-9(15-11(13)5-7)10-4-8(2)6-12(14)16-10/h3-6H,1-2H3. The molecule has 0 aliphatic rings. The summed E-state index contributed by atoms with van der Waals surface area (Å²) in [4.78, 5) is 8.46. The molecule has 0 atom stereocenters. The highest BCUT2D eigenvalue weighted by Crippen LogP contribution is 2.22. The molecule has 2 aromatic rings. The van der Waals surface area contributed by atoms with Crippen molar-refractivity contribution in [1.29, 1.82) is 0 Å². The SMILES string of the molecule is Cc1cc(Cl)nc(-c2cc(C)cc(Cl)n2)c1. The molecule has 0 radical (unpaired) electrons. The van der Waals surface area contributed by atoms with Gasteiger partial charge in [0.15, 0.2) is 0 Å². The molecule has 4 heteroatoms. The second kappa shape index (κ2) is 4.40. The molecule has 0 unspecified atom stereocenters. The van der Waals surface area contributed by atoms with Gasteiger partial charge in [0.2, 0.25) is 0 Å². The first kappa shape index (κ1) is 11.4. The summed E-state index contributed by atoms with van der Waals surface area (Å²) in [5.74, 6) is 0. The Morgan fingerprint density at radius 1 is 0.750 bits per heavy atom. The van der Waals surface area contributed by atoms with Gasteiger partial charge in [-0.2, -0.15) is 0 Å². The van der Waals surface area contributed by atoms with E-state index in [-0.39, 0.29) is 0 Å². The molecule has 0 N–H and O–H groups in total. The van der Waals surface area contributed by atoms with Crippen molar-refractivity contribution in [3.63, 3.8) is 0 Å². The van der Waals surface area contributed by atoms with E-state index in [1.165, 1.54) is 0 Å². The summed E-state index contributed by atoms with van der Waals surface area (Å²) < 4.78 is 0. The zero-order chi connectivity index (χ0) is 11.7. The van der Waals surface area contributed by atoms with Crippen LogP contribution in [0.3, 0.4) is 0 Å². The second-order valence-electron chi connectivity index (χ2n) is 3.70. The van der Waals surface area contributed by atoms with Crippen LogP contribution in [0.1, 0.15) is 11.1 Å². The third kappa shape index (κ3) is 2.52. The van der Waals surface area contributed by atoms with Crippen LogP contribution in [0.15, 0.2) is 24.3 Å². The lowest BCUT2D eigenvalue weighted by Gasteiger charge is -2.04. The highest BCUT2D eigenvalue weighted by molar-refractivity contribution is 6.30. The molecule has 0 aliphatic heterocycles. The summed E-state index contributed by atoms with van der Waals surface area (Å²) in [7, 11) is 0. The fourth-order valence-electron chi connectivity index (χ4n) is 1.51. The first-order chi connectivity index (χ1) is 7.54. The van der Waals surface area contributed by atoms with E-state index in [2.05, 4.69) is 9.97 Å². The van der Waals surface area contributed by atoms with Crippen LogP contribution in [0.2, 0.25) is 10.3 Å². The summed E-state index contributed by atoms with van der Waals surface area (Å²) in [6.45, 7) is 3.93. The molecule has 0 spiro atoms. The molecular formula is C12H10Cl2N2. The minimum Gasteiger partial charge on any atom is -0.234 e. The van der Waals surface area contributed by atoms with E-state index in [0.717, 1.165) is 22.5 Å². The molecule has 2 rings (SSSR count). The van der Waals surface area contributed by atoms with E-state index in [0.29, 0.717) is 10.3 Å². The van der Waals surface area contributed by atoms with E-state index in [9.17, 15) is 0 Å². The van der Waals surface area contributed by atoms with Crippen molar-refractivity contribution in [1.82, 2.24) is 9.97 Å². The largest absolute Gasteiger partial charge is 0.234 e.